The number of fused-ring (bicyclic) bond motifs is 1. The van der Waals surface area contributed by atoms with Crippen LogP contribution in [0, 0.1) is 23.2 Å². The van der Waals surface area contributed by atoms with Crippen LogP contribution in [0.1, 0.15) is 39.5 Å². The zero-order valence-corrected chi connectivity index (χ0v) is 11.5. The van der Waals surface area contributed by atoms with Gasteiger partial charge in [0.15, 0.2) is 0 Å². The zero-order chi connectivity index (χ0) is 11.9. The Morgan fingerprint density at radius 1 is 1.24 bits per heavy atom. The van der Waals surface area contributed by atoms with E-state index in [2.05, 4.69) is 24.1 Å². The van der Waals surface area contributed by atoms with Gasteiger partial charge in [-0.2, -0.15) is 0 Å². The molecule has 2 nitrogen and oxygen atoms in total. The second kappa shape index (κ2) is 4.55. The van der Waals surface area contributed by atoms with E-state index in [0.717, 1.165) is 17.8 Å². The fourth-order valence-corrected chi connectivity index (χ4v) is 4.48. The van der Waals surface area contributed by atoms with Gasteiger partial charge in [0.25, 0.3) is 0 Å². The molecule has 3 unspecified atom stereocenters. The van der Waals surface area contributed by atoms with Crippen molar-refractivity contribution in [2.24, 2.45) is 23.2 Å². The summed E-state index contributed by atoms with van der Waals surface area (Å²) >= 11 is 0. The molecule has 3 rings (SSSR count). The Hall–Kier alpha value is -0.0800. The highest BCUT2D eigenvalue weighted by molar-refractivity contribution is 4.96. The van der Waals surface area contributed by atoms with Gasteiger partial charge < -0.3 is 10.2 Å². The van der Waals surface area contributed by atoms with Gasteiger partial charge in [0.2, 0.25) is 0 Å². The topological polar surface area (TPSA) is 15.3 Å². The molecule has 0 aromatic carbocycles. The fourth-order valence-electron chi connectivity index (χ4n) is 4.48. The molecule has 2 aliphatic heterocycles. The van der Waals surface area contributed by atoms with Crippen molar-refractivity contribution in [3.8, 4) is 0 Å². The average Bonchev–Trinajstić information content (AvgIpc) is 2.92. The average molecular weight is 236 g/mol. The largest absolute Gasteiger partial charge is 0.316 e. The Labute approximate surface area is 106 Å². The molecule has 1 saturated carbocycles. The molecule has 2 heteroatoms. The lowest BCUT2D eigenvalue weighted by Gasteiger charge is -2.37. The van der Waals surface area contributed by atoms with Crippen LogP contribution in [0.2, 0.25) is 0 Å². The van der Waals surface area contributed by atoms with Gasteiger partial charge in [-0.1, -0.05) is 20.3 Å². The van der Waals surface area contributed by atoms with Gasteiger partial charge >= 0.3 is 0 Å². The molecule has 17 heavy (non-hydrogen) atoms. The maximum absolute atomic E-state index is 3.59. The van der Waals surface area contributed by atoms with Crippen molar-refractivity contribution in [2.75, 3.05) is 32.7 Å². The summed E-state index contributed by atoms with van der Waals surface area (Å²) in [6.45, 7) is 11.5. The summed E-state index contributed by atoms with van der Waals surface area (Å²) in [6.07, 6.45) is 5.90. The van der Waals surface area contributed by atoms with Crippen molar-refractivity contribution < 1.29 is 0 Å². The second-order valence-electron chi connectivity index (χ2n) is 7.09. The van der Waals surface area contributed by atoms with Crippen LogP contribution in [0.3, 0.4) is 0 Å². The number of hydrogen-bond donors (Lipinski definition) is 1. The summed E-state index contributed by atoms with van der Waals surface area (Å²) in [5.74, 6) is 2.92. The molecule has 0 bridgehead atoms. The minimum atomic E-state index is 0.568. The summed E-state index contributed by atoms with van der Waals surface area (Å²) in [5.41, 5.74) is 0.568. The standard InChI is InChI=1S/C15H28N2/c1-12(2)15(6-7-16-10-15)11-17-8-13-4-3-5-14(13)9-17/h12-14,16H,3-11H2,1-2H3. The maximum atomic E-state index is 3.59. The van der Waals surface area contributed by atoms with Crippen molar-refractivity contribution in [3.63, 3.8) is 0 Å². The van der Waals surface area contributed by atoms with E-state index in [1.807, 2.05) is 0 Å². The summed E-state index contributed by atoms with van der Waals surface area (Å²) in [7, 11) is 0. The van der Waals surface area contributed by atoms with Crippen LogP contribution >= 0.6 is 0 Å². The van der Waals surface area contributed by atoms with Crippen molar-refractivity contribution in [3.05, 3.63) is 0 Å². The molecule has 1 aliphatic carbocycles. The Bertz CT molecular complexity index is 256. The normalized spacial score (nSPS) is 42.5. The highest BCUT2D eigenvalue weighted by atomic mass is 15.2. The Kier molecular flexibility index (Phi) is 3.20. The summed E-state index contributed by atoms with van der Waals surface area (Å²) in [6, 6.07) is 0. The van der Waals surface area contributed by atoms with E-state index < -0.39 is 0 Å². The number of hydrogen-bond acceptors (Lipinski definition) is 2. The summed E-state index contributed by atoms with van der Waals surface area (Å²) < 4.78 is 0. The van der Waals surface area contributed by atoms with Crippen molar-refractivity contribution >= 4 is 0 Å². The molecule has 2 saturated heterocycles. The number of nitrogens with zero attached hydrogens (tertiary/aromatic N) is 1. The first-order valence-corrected chi connectivity index (χ1v) is 7.63. The van der Waals surface area contributed by atoms with Gasteiger partial charge in [-0.05, 0) is 49.0 Å². The maximum Gasteiger partial charge on any atom is 0.00533 e. The highest BCUT2D eigenvalue weighted by Crippen LogP contribution is 2.41. The lowest BCUT2D eigenvalue weighted by atomic mass is 9.76. The smallest absolute Gasteiger partial charge is 0.00533 e. The van der Waals surface area contributed by atoms with Crippen molar-refractivity contribution in [2.45, 2.75) is 39.5 Å². The zero-order valence-electron chi connectivity index (χ0n) is 11.5. The van der Waals surface area contributed by atoms with Crippen molar-refractivity contribution in [1.82, 2.24) is 10.2 Å². The van der Waals surface area contributed by atoms with Crippen LogP contribution in [0.5, 0.6) is 0 Å². The molecule has 0 amide bonds. The van der Waals surface area contributed by atoms with Gasteiger partial charge in [-0.25, -0.2) is 0 Å². The molecule has 3 atom stereocenters. The molecule has 1 N–H and O–H groups in total. The van der Waals surface area contributed by atoms with E-state index in [-0.39, 0.29) is 0 Å². The number of rotatable bonds is 3. The van der Waals surface area contributed by atoms with Crippen LogP contribution in [-0.4, -0.2) is 37.6 Å². The van der Waals surface area contributed by atoms with Crippen molar-refractivity contribution in [1.29, 1.82) is 0 Å². The van der Waals surface area contributed by atoms with E-state index >= 15 is 0 Å². The van der Waals surface area contributed by atoms with Gasteiger partial charge in [0.05, 0.1) is 0 Å². The molecule has 3 aliphatic rings. The first-order valence-electron chi connectivity index (χ1n) is 7.63. The molecule has 0 spiro atoms. The third kappa shape index (κ3) is 2.15. The summed E-state index contributed by atoms with van der Waals surface area (Å²) in [5, 5.41) is 3.59. The van der Waals surface area contributed by atoms with Crippen LogP contribution in [-0.2, 0) is 0 Å². The van der Waals surface area contributed by atoms with Crippen LogP contribution in [0.4, 0.5) is 0 Å². The second-order valence-corrected chi connectivity index (χ2v) is 7.09. The predicted molar refractivity (Wildman–Crippen MR) is 72.0 cm³/mol. The molecule has 2 heterocycles. The molecule has 0 aromatic heterocycles. The number of likely N-dealkylation sites (tertiary alicyclic amines) is 1. The van der Waals surface area contributed by atoms with Crippen LogP contribution < -0.4 is 5.32 Å². The highest BCUT2D eigenvalue weighted by Gasteiger charge is 2.42. The minimum absolute atomic E-state index is 0.568. The summed E-state index contributed by atoms with van der Waals surface area (Å²) in [4.78, 5) is 2.79. The fraction of sp³-hybridized carbons (Fsp3) is 1.00. The van der Waals surface area contributed by atoms with E-state index in [1.165, 1.54) is 58.4 Å². The predicted octanol–water partition coefficient (Wildman–Crippen LogP) is 2.35. The monoisotopic (exact) mass is 236 g/mol. The van der Waals surface area contributed by atoms with Gasteiger partial charge in [-0.15, -0.1) is 0 Å². The van der Waals surface area contributed by atoms with E-state index in [9.17, 15) is 0 Å². The third-order valence-corrected chi connectivity index (χ3v) is 5.84. The van der Waals surface area contributed by atoms with Gasteiger partial charge in [-0.3, -0.25) is 0 Å². The minimum Gasteiger partial charge on any atom is -0.316 e. The van der Waals surface area contributed by atoms with Crippen LogP contribution in [0.15, 0.2) is 0 Å². The van der Waals surface area contributed by atoms with Crippen LogP contribution in [0.25, 0.3) is 0 Å². The molecular weight excluding hydrogens is 208 g/mol. The van der Waals surface area contributed by atoms with E-state index in [0.29, 0.717) is 5.41 Å². The lowest BCUT2D eigenvalue weighted by Crippen LogP contribution is -2.42. The Balaban J connectivity index is 1.62. The molecule has 3 fully saturated rings. The van der Waals surface area contributed by atoms with E-state index in [1.54, 1.807) is 0 Å². The quantitative estimate of drug-likeness (QED) is 0.809. The van der Waals surface area contributed by atoms with Gasteiger partial charge in [0, 0.05) is 26.2 Å². The SMILES string of the molecule is CC(C)C1(CN2CC3CCCC3C2)CCNC1. The number of nitrogens with one attached hydrogen (secondary N) is 1. The van der Waals surface area contributed by atoms with Gasteiger partial charge in [0.1, 0.15) is 0 Å². The van der Waals surface area contributed by atoms with E-state index in [4.69, 9.17) is 0 Å². The lowest BCUT2D eigenvalue weighted by molar-refractivity contribution is 0.129. The Morgan fingerprint density at radius 3 is 2.47 bits per heavy atom. The molecule has 0 radical (unpaired) electrons. The molecular formula is C15H28N2. The Morgan fingerprint density at radius 2 is 1.94 bits per heavy atom. The molecule has 98 valence electrons. The molecule has 0 aromatic rings. The first-order chi connectivity index (χ1) is 8.20. The third-order valence-electron chi connectivity index (χ3n) is 5.84. The first kappa shape index (κ1) is 12.0.